The van der Waals surface area contributed by atoms with E-state index in [1.165, 1.54) is 11.1 Å². The minimum Gasteiger partial charge on any atom is -0.0622 e. The molecule has 0 N–H and O–H groups in total. The third-order valence-electron chi connectivity index (χ3n) is 2.27. The van der Waals surface area contributed by atoms with Gasteiger partial charge >= 0.3 is 0 Å². The highest BCUT2D eigenvalue weighted by molar-refractivity contribution is 5.29. The summed E-state index contributed by atoms with van der Waals surface area (Å²) in [5.74, 6) is 0. The van der Waals surface area contributed by atoms with Crippen molar-refractivity contribution in [1.82, 2.24) is 0 Å². The average molecular weight is 181 g/mol. The van der Waals surface area contributed by atoms with E-state index in [4.69, 9.17) is 0 Å². The first kappa shape index (κ1) is 8.89. The largest absolute Gasteiger partial charge is 0.126 e. The fourth-order valence-electron chi connectivity index (χ4n) is 1.49. The Labute approximate surface area is 85.2 Å². The zero-order valence-corrected chi connectivity index (χ0v) is 8.11. The molecule has 0 saturated carbocycles. The fourth-order valence-corrected chi connectivity index (χ4v) is 1.49. The second-order valence-corrected chi connectivity index (χ2v) is 3.48. The highest BCUT2D eigenvalue weighted by atomic mass is 14.0. The van der Waals surface area contributed by atoms with Crippen molar-refractivity contribution >= 4 is 0 Å². The van der Waals surface area contributed by atoms with Gasteiger partial charge in [0.1, 0.15) is 5.56 Å². The third-order valence-corrected chi connectivity index (χ3v) is 2.27. The van der Waals surface area contributed by atoms with E-state index in [1.54, 1.807) is 0 Å². The van der Waals surface area contributed by atoms with Crippen LogP contribution in [0.25, 0.3) is 0 Å². The minimum absolute atomic E-state index is 1.00. The second kappa shape index (κ2) is 4.01. The van der Waals surface area contributed by atoms with Gasteiger partial charge in [-0.3, -0.25) is 0 Å². The smallest absolute Gasteiger partial charge is 0.0622 e. The molecule has 2 aromatic carbocycles. The van der Waals surface area contributed by atoms with E-state index >= 15 is 0 Å². The van der Waals surface area contributed by atoms with Gasteiger partial charge in [0.2, 0.25) is 0 Å². The molecule has 0 aliphatic rings. The van der Waals surface area contributed by atoms with Gasteiger partial charge in [-0.2, -0.15) is 0 Å². The van der Waals surface area contributed by atoms with Crippen molar-refractivity contribution in [3.05, 3.63) is 78.2 Å². The van der Waals surface area contributed by atoms with Crippen LogP contribution in [0, 0.1) is 6.92 Å². The Kier molecular flexibility index (Phi) is 2.55. The van der Waals surface area contributed by atoms with E-state index in [1.807, 2.05) is 6.07 Å². The maximum Gasteiger partial charge on any atom is 0.126 e. The molecule has 14 heavy (non-hydrogen) atoms. The van der Waals surface area contributed by atoms with Gasteiger partial charge in [0.05, 0.1) is 0 Å². The Hall–Kier alpha value is -1.69. The summed E-state index contributed by atoms with van der Waals surface area (Å²) in [6.45, 7) is 3.87. The number of hydrogen-bond donors (Lipinski definition) is 0. The summed E-state index contributed by atoms with van der Waals surface area (Å²) in [6, 6.07) is 18.9. The van der Waals surface area contributed by atoms with E-state index in [9.17, 15) is 0 Å². The van der Waals surface area contributed by atoms with Crippen molar-refractivity contribution in [3.8, 4) is 0 Å². The molecule has 0 saturated heterocycles. The average Bonchev–Trinajstić information content (AvgIpc) is 2.23. The molecule has 0 aliphatic carbocycles. The molecule has 0 radical (unpaired) electrons. The number of rotatable bonds is 2. The van der Waals surface area contributed by atoms with Crippen LogP contribution >= 0.6 is 0 Å². The standard InChI is InChI=1S/C14H13/c1-12-7-9-14(10-8-12)11-13-5-3-2-4-6-13/h2-10H,1,11H2/q+1. The quantitative estimate of drug-likeness (QED) is 0.622. The molecule has 0 aliphatic heterocycles. The van der Waals surface area contributed by atoms with Gasteiger partial charge in [0.25, 0.3) is 0 Å². The molecule has 0 fully saturated rings. The summed E-state index contributed by atoms with van der Waals surface area (Å²) in [5.41, 5.74) is 3.76. The van der Waals surface area contributed by atoms with Crippen molar-refractivity contribution in [2.75, 3.05) is 0 Å². The van der Waals surface area contributed by atoms with E-state index in [0.29, 0.717) is 0 Å². The van der Waals surface area contributed by atoms with Gasteiger partial charge < -0.3 is 0 Å². The molecule has 68 valence electrons. The predicted molar refractivity (Wildman–Crippen MR) is 60.1 cm³/mol. The summed E-state index contributed by atoms with van der Waals surface area (Å²) < 4.78 is 0. The summed E-state index contributed by atoms with van der Waals surface area (Å²) >= 11 is 0. The Morgan fingerprint density at radius 1 is 0.714 bits per heavy atom. The van der Waals surface area contributed by atoms with E-state index < -0.39 is 0 Å². The van der Waals surface area contributed by atoms with Crippen LogP contribution in [0.5, 0.6) is 0 Å². The molecule has 0 heterocycles. The summed E-state index contributed by atoms with van der Waals surface area (Å²) in [7, 11) is 0. The normalized spacial score (nSPS) is 10.0. The van der Waals surface area contributed by atoms with Crippen LogP contribution in [0.3, 0.4) is 0 Å². The van der Waals surface area contributed by atoms with Crippen LogP contribution in [-0.2, 0) is 6.42 Å². The molecule has 0 heteroatoms. The molecule has 0 unspecified atom stereocenters. The van der Waals surface area contributed by atoms with Crippen LogP contribution in [-0.4, -0.2) is 0 Å². The summed E-state index contributed by atoms with van der Waals surface area (Å²) in [5, 5.41) is 0. The monoisotopic (exact) mass is 181 g/mol. The van der Waals surface area contributed by atoms with Crippen molar-refractivity contribution < 1.29 is 0 Å². The lowest BCUT2D eigenvalue weighted by Crippen LogP contribution is -1.86. The lowest BCUT2D eigenvalue weighted by atomic mass is 10.0. The van der Waals surface area contributed by atoms with Crippen LogP contribution in [0.4, 0.5) is 0 Å². The van der Waals surface area contributed by atoms with E-state index in [2.05, 4.69) is 55.5 Å². The molecule has 2 rings (SSSR count). The van der Waals surface area contributed by atoms with E-state index in [-0.39, 0.29) is 0 Å². The van der Waals surface area contributed by atoms with Crippen LogP contribution < -0.4 is 0 Å². The first-order valence-corrected chi connectivity index (χ1v) is 4.79. The van der Waals surface area contributed by atoms with Crippen molar-refractivity contribution in [3.63, 3.8) is 0 Å². The van der Waals surface area contributed by atoms with Gasteiger partial charge in [0.15, 0.2) is 0 Å². The molecule has 2 aromatic rings. The second-order valence-electron chi connectivity index (χ2n) is 3.48. The van der Waals surface area contributed by atoms with E-state index in [0.717, 1.165) is 12.0 Å². The van der Waals surface area contributed by atoms with Gasteiger partial charge in [-0.1, -0.05) is 30.3 Å². The molecule has 0 aromatic heterocycles. The maximum atomic E-state index is 3.87. The maximum absolute atomic E-state index is 3.87. The molecular weight excluding hydrogens is 168 g/mol. The van der Waals surface area contributed by atoms with Gasteiger partial charge in [-0.05, 0) is 29.7 Å². The highest BCUT2D eigenvalue weighted by Gasteiger charge is 1.98. The number of benzene rings is 2. The van der Waals surface area contributed by atoms with Gasteiger partial charge in [-0.15, -0.1) is 0 Å². The molecule has 0 amide bonds. The van der Waals surface area contributed by atoms with Crippen LogP contribution in [0.2, 0.25) is 0 Å². The Morgan fingerprint density at radius 2 is 1.29 bits per heavy atom. The SMILES string of the molecule is [CH2+]c1ccc(Cc2ccccc2)cc1. The fraction of sp³-hybridized carbons (Fsp3) is 0.0714. The van der Waals surface area contributed by atoms with Crippen LogP contribution in [0.1, 0.15) is 16.7 Å². The Balaban J connectivity index is 2.16. The zero-order chi connectivity index (χ0) is 9.80. The third kappa shape index (κ3) is 2.17. The van der Waals surface area contributed by atoms with Crippen molar-refractivity contribution in [1.29, 1.82) is 0 Å². The molecule has 0 bridgehead atoms. The van der Waals surface area contributed by atoms with Crippen molar-refractivity contribution in [2.24, 2.45) is 0 Å². The zero-order valence-electron chi connectivity index (χ0n) is 8.11. The minimum atomic E-state index is 1.00. The van der Waals surface area contributed by atoms with Gasteiger partial charge in [0, 0.05) is 19.1 Å². The number of hydrogen-bond acceptors (Lipinski definition) is 0. The topological polar surface area (TPSA) is 0 Å². The lowest BCUT2D eigenvalue weighted by molar-refractivity contribution is 1.19. The molecule has 0 atom stereocenters. The molecular formula is C14H13+. The van der Waals surface area contributed by atoms with Gasteiger partial charge in [-0.25, -0.2) is 0 Å². The molecule has 0 nitrogen and oxygen atoms in total. The highest BCUT2D eigenvalue weighted by Crippen LogP contribution is 2.09. The summed E-state index contributed by atoms with van der Waals surface area (Å²) in [4.78, 5) is 0. The Morgan fingerprint density at radius 3 is 1.93 bits per heavy atom. The summed E-state index contributed by atoms with van der Waals surface area (Å²) in [6.07, 6.45) is 1.00. The molecule has 0 spiro atoms. The first-order valence-electron chi connectivity index (χ1n) is 4.79. The lowest BCUT2D eigenvalue weighted by Gasteiger charge is -1.98. The predicted octanol–water partition coefficient (Wildman–Crippen LogP) is 3.46. The van der Waals surface area contributed by atoms with Crippen molar-refractivity contribution in [2.45, 2.75) is 6.42 Å². The van der Waals surface area contributed by atoms with Crippen LogP contribution in [0.15, 0.2) is 54.6 Å². The first-order chi connectivity index (χ1) is 6.84. The Bertz CT molecular complexity index is 384.